The molecule has 0 aliphatic heterocycles. The van der Waals surface area contributed by atoms with E-state index < -0.39 is 6.10 Å². The van der Waals surface area contributed by atoms with Crippen LogP contribution in [-0.4, -0.2) is 43.4 Å². The molecular formula is C13H17N3O2S. The van der Waals surface area contributed by atoms with Crippen molar-refractivity contribution in [2.24, 2.45) is 7.05 Å². The van der Waals surface area contributed by atoms with E-state index in [4.69, 9.17) is 5.11 Å². The summed E-state index contributed by atoms with van der Waals surface area (Å²) in [5, 5.41) is 27.1. The maximum Gasteiger partial charge on any atom is 0.191 e. The van der Waals surface area contributed by atoms with Gasteiger partial charge in [-0.05, 0) is 6.92 Å². The van der Waals surface area contributed by atoms with Crippen LogP contribution in [0.2, 0.25) is 0 Å². The second-order valence-corrected chi connectivity index (χ2v) is 5.37. The molecule has 0 aliphatic carbocycles. The lowest BCUT2D eigenvalue weighted by atomic mass is 10.1. The minimum atomic E-state index is -0.732. The molecule has 0 fully saturated rings. The number of rotatable bonds is 5. The van der Waals surface area contributed by atoms with Crippen LogP contribution in [0.5, 0.6) is 0 Å². The Labute approximate surface area is 116 Å². The molecule has 0 aliphatic rings. The third kappa shape index (κ3) is 3.34. The number of aromatic nitrogens is 3. The smallest absolute Gasteiger partial charge is 0.191 e. The molecule has 19 heavy (non-hydrogen) atoms. The number of hydrogen-bond donors (Lipinski definition) is 2. The molecule has 5 nitrogen and oxygen atoms in total. The van der Waals surface area contributed by atoms with Gasteiger partial charge in [-0.1, -0.05) is 41.6 Å². The summed E-state index contributed by atoms with van der Waals surface area (Å²) < 4.78 is 1.89. The molecule has 1 unspecified atom stereocenters. The fraction of sp³-hybridized carbons (Fsp3) is 0.385. The molecule has 0 spiro atoms. The summed E-state index contributed by atoms with van der Waals surface area (Å²) in [6.07, 6.45) is -0.732. The van der Waals surface area contributed by atoms with Gasteiger partial charge in [0.15, 0.2) is 11.0 Å². The van der Waals surface area contributed by atoms with Crippen molar-refractivity contribution in [3.05, 3.63) is 29.8 Å². The topological polar surface area (TPSA) is 71.2 Å². The molecule has 0 saturated heterocycles. The maximum absolute atomic E-state index is 9.34. The molecule has 102 valence electrons. The summed E-state index contributed by atoms with van der Waals surface area (Å²) in [5.41, 5.74) is 2.21. The number of nitrogens with zero attached hydrogens (tertiary/aromatic N) is 3. The zero-order valence-electron chi connectivity index (χ0n) is 10.9. The largest absolute Gasteiger partial charge is 0.394 e. The Morgan fingerprint density at radius 2 is 1.95 bits per heavy atom. The Morgan fingerprint density at radius 1 is 1.26 bits per heavy atom. The van der Waals surface area contributed by atoms with E-state index in [-0.39, 0.29) is 6.61 Å². The second kappa shape index (κ2) is 6.18. The van der Waals surface area contributed by atoms with Crippen molar-refractivity contribution in [3.8, 4) is 11.4 Å². The van der Waals surface area contributed by atoms with Gasteiger partial charge in [-0.25, -0.2) is 0 Å². The predicted octanol–water partition coefficient (Wildman–Crippen LogP) is 1.24. The number of aliphatic hydroxyl groups excluding tert-OH is 2. The highest BCUT2D eigenvalue weighted by atomic mass is 32.2. The van der Waals surface area contributed by atoms with Crippen LogP contribution in [0.25, 0.3) is 11.4 Å². The monoisotopic (exact) mass is 279 g/mol. The molecular weight excluding hydrogens is 262 g/mol. The Hall–Kier alpha value is -1.37. The third-order valence-electron chi connectivity index (χ3n) is 2.76. The van der Waals surface area contributed by atoms with Crippen LogP contribution in [0.4, 0.5) is 0 Å². The average Bonchev–Trinajstić information content (AvgIpc) is 2.78. The molecule has 2 rings (SSSR count). The molecule has 0 radical (unpaired) electrons. The van der Waals surface area contributed by atoms with Crippen molar-refractivity contribution >= 4 is 11.8 Å². The predicted molar refractivity (Wildman–Crippen MR) is 75.0 cm³/mol. The van der Waals surface area contributed by atoms with Gasteiger partial charge >= 0.3 is 0 Å². The molecule has 2 N–H and O–H groups in total. The van der Waals surface area contributed by atoms with E-state index in [9.17, 15) is 5.11 Å². The fourth-order valence-electron chi connectivity index (χ4n) is 1.62. The molecule has 1 aromatic heterocycles. The second-order valence-electron chi connectivity index (χ2n) is 4.38. The van der Waals surface area contributed by atoms with Crippen LogP contribution in [0.3, 0.4) is 0 Å². The van der Waals surface area contributed by atoms with Crippen LogP contribution >= 0.6 is 11.8 Å². The summed E-state index contributed by atoms with van der Waals surface area (Å²) in [4.78, 5) is 0. The Kier molecular flexibility index (Phi) is 4.57. The Bertz CT molecular complexity index is 539. The summed E-state index contributed by atoms with van der Waals surface area (Å²) >= 11 is 1.38. The third-order valence-corrected chi connectivity index (χ3v) is 3.93. The van der Waals surface area contributed by atoms with Gasteiger partial charge in [-0.15, -0.1) is 10.2 Å². The van der Waals surface area contributed by atoms with E-state index in [0.717, 1.165) is 16.5 Å². The highest BCUT2D eigenvalue weighted by Gasteiger charge is 2.12. The minimum Gasteiger partial charge on any atom is -0.394 e. The molecule has 6 heteroatoms. The van der Waals surface area contributed by atoms with Gasteiger partial charge in [0.25, 0.3) is 0 Å². The first-order valence-electron chi connectivity index (χ1n) is 6.00. The lowest BCUT2D eigenvalue weighted by Crippen LogP contribution is -2.15. The van der Waals surface area contributed by atoms with E-state index >= 15 is 0 Å². The van der Waals surface area contributed by atoms with Crippen LogP contribution in [0, 0.1) is 6.92 Å². The van der Waals surface area contributed by atoms with E-state index in [1.165, 1.54) is 17.3 Å². The highest BCUT2D eigenvalue weighted by molar-refractivity contribution is 7.99. The van der Waals surface area contributed by atoms with Crippen molar-refractivity contribution in [2.45, 2.75) is 18.2 Å². The van der Waals surface area contributed by atoms with Crippen molar-refractivity contribution in [1.29, 1.82) is 0 Å². The van der Waals surface area contributed by atoms with Crippen molar-refractivity contribution in [1.82, 2.24) is 14.8 Å². The van der Waals surface area contributed by atoms with Gasteiger partial charge in [0, 0.05) is 18.4 Å². The average molecular weight is 279 g/mol. The normalized spacial score (nSPS) is 12.6. The molecule has 0 saturated carbocycles. The zero-order chi connectivity index (χ0) is 13.8. The number of hydrogen-bond acceptors (Lipinski definition) is 5. The van der Waals surface area contributed by atoms with Crippen molar-refractivity contribution in [2.75, 3.05) is 12.4 Å². The lowest BCUT2D eigenvalue weighted by molar-refractivity contribution is 0.113. The van der Waals surface area contributed by atoms with E-state index in [1.807, 2.05) is 42.8 Å². The number of thioether (sulfide) groups is 1. The number of benzene rings is 1. The molecule has 0 bridgehead atoms. The van der Waals surface area contributed by atoms with Gasteiger partial charge < -0.3 is 14.8 Å². The van der Waals surface area contributed by atoms with Crippen LogP contribution in [0.15, 0.2) is 29.4 Å². The van der Waals surface area contributed by atoms with Gasteiger partial charge in [-0.2, -0.15) is 0 Å². The molecule has 2 aromatic rings. The summed E-state index contributed by atoms with van der Waals surface area (Å²) in [6.45, 7) is 1.80. The Balaban J connectivity index is 2.16. The summed E-state index contributed by atoms with van der Waals surface area (Å²) in [5.74, 6) is 1.19. The zero-order valence-corrected chi connectivity index (χ0v) is 11.8. The molecule has 1 atom stereocenters. The molecule has 1 heterocycles. The van der Waals surface area contributed by atoms with Gasteiger partial charge in [0.2, 0.25) is 0 Å². The quantitative estimate of drug-likeness (QED) is 0.806. The summed E-state index contributed by atoms with van der Waals surface area (Å²) in [7, 11) is 1.89. The van der Waals surface area contributed by atoms with Crippen molar-refractivity contribution in [3.63, 3.8) is 0 Å². The first-order valence-corrected chi connectivity index (χ1v) is 6.98. The van der Waals surface area contributed by atoms with Crippen LogP contribution < -0.4 is 0 Å². The van der Waals surface area contributed by atoms with Crippen LogP contribution in [-0.2, 0) is 7.05 Å². The lowest BCUT2D eigenvalue weighted by Gasteiger charge is -2.06. The summed E-state index contributed by atoms with van der Waals surface area (Å²) in [6, 6.07) is 8.09. The van der Waals surface area contributed by atoms with Gasteiger partial charge in [-0.3, -0.25) is 0 Å². The number of aliphatic hydroxyl groups is 2. The standard InChI is InChI=1S/C13H17N3O2S/c1-9-3-5-10(6-4-9)12-14-15-13(16(12)2)19-8-11(18)7-17/h3-6,11,17-18H,7-8H2,1-2H3. The van der Waals surface area contributed by atoms with E-state index in [2.05, 4.69) is 10.2 Å². The van der Waals surface area contributed by atoms with Crippen molar-refractivity contribution < 1.29 is 10.2 Å². The molecule has 0 amide bonds. The Morgan fingerprint density at radius 3 is 2.58 bits per heavy atom. The van der Waals surface area contributed by atoms with Crippen LogP contribution in [0.1, 0.15) is 5.56 Å². The minimum absolute atomic E-state index is 0.240. The highest BCUT2D eigenvalue weighted by Crippen LogP contribution is 2.23. The SMILES string of the molecule is Cc1ccc(-c2nnc(SCC(O)CO)n2C)cc1. The first-order chi connectivity index (χ1) is 9.11. The number of aryl methyl sites for hydroxylation is 1. The maximum atomic E-state index is 9.34. The molecule has 1 aromatic carbocycles. The first kappa shape index (κ1) is 14.0. The van der Waals surface area contributed by atoms with Gasteiger partial charge in [0.1, 0.15) is 0 Å². The van der Waals surface area contributed by atoms with E-state index in [1.54, 1.807) is 0 Å². The van der Waals surface area contributed by atoms with E-state index in [0.29, 0.717) is 5.75 Å². The van der Waals surface area contributed by atoms with Gasteiger partial charge in [0.05, 0.1) is 12.7 Å². The fourth-order valence-corrected chi connectivity index (χ4v) is 2.44.